The van der Waals surface area contributed by atoms with Crippen LogP contribution in [-0.4, -0.2) is 71.8 Å². The molecule has 3 amide bonds. The fourth-order valence-electron chi connectivity index (χ4n) is 5.42. The lowest BCUT2D eigenvalue weighted by molar-refractivity contribution is -0.141. The van der Waals surface area contributed by atoms with Gasteiger partial charge in [0.2, 0.25) is 11.8 Å². The van der Waals surface area contributed by atoms with Crippen LogP contribution < -0.4 is 20.3 Å². The number of rotatable bonds is 22. The molecule has 1 aromatic heterocycles. The number of nitrogens with one attached hydrogen (secondary N) is 2. The van der Waals surface area contributed by atoms with Crippen molar-refractivity contribution in [3.63, 3.8) is 0 Å². The molecule has 0 aliphatic rings. The first kappa shape index (κ1) is 46.4. The summed E-state index contributed by atoms with van der Waals surface area (Å²) in [4.78, 5) is 56.5. The number of aromatic nitrogens is 1. The van der Waals surface area contributed by atoms with E-state index in [1.807, 2.05) is 13.0 Å². The zero-order chi connectivity index (χ0) is 39.6. The van der Waals surface area contributed by atoms with E-state index < -0.39 is 29.6 Å². The molecular weight excluding hydrogens is 807 g/mol. The molecular formula is C38H55BrCl2N4O7S. The highest BCUT2D eigenvalue weighted by molar-refractivity contribution is 9.09. The molecule has 53 heavy (non-hydrogen) atoms. The van der Waals surface area contributed by atoms with E-state index in [1.54, 1.807) is 45.2 Å². The quantitative estimate of drug-likeness (QED) is 0.0463. The number of nitrogens with zero attached hydrogens (tertiary/aromatic N) is 2. The van der Waals surface area contributed by atoms with Crippen molar-refractivity contribution in [2.75, 3.05) is 37.0 Å². The summed E-state index contributed by atoms with van der Waals surface area (Å²) >= 11 is 21.3. The molecule has 0 saturated carbocycles. The van der Waals surface area contributed by atoms with E-state index in [-0.39, 0.29) is 41.9 Å². The number of unbranched alkanes of at least 4 members (excludes halogenated alkanes) is 2. The summed E-state index contributed by atoms with van der Waals surface area (Å²) < 4.78 is 16.4. The lowest BCUT2D eigenvalue weighted by Gasteiger charge is -2.27. The maximum absolute atomic E-state index is 12.9. The normalized spacial score (nSPS) is 13.0. The summed E-state index contributed by atoms with van der Waals surface area (Å²) in [5.74, 6) is -0.0930. The number of carbonyl (C=O) groups is 4. The summed E-state index contributed by atoms with van der Waals surface area (Å²) in [7, 11) is 1.25. The molecule has 3 atom stereocenters. The monoisotopic (exact) mass is 860 g/mol. The van der Waals surface area contributed by atoms with Gasteiger partial charge in [0, 0.05) is 29.7 Å². The van der Waals surface area contributed by atoms with Gasteiger partial charge in [-0.15, -0.1) is 0 Å². The molecule has 0 spiro atoms. The van der Waals surface area contributed by atoms with Gasteiger partial charge in [0.05, 0.1) is 42.8 Å². The number of thiol groups is 1. The minimum Gasteiger partial charge on any atom is -0.490 e. The zero-order valence-corrected chi connectivity index (χ0v) is 35.6. The van der Waals surface area contributed by atoms with Crippen LogP contribution in [0.25, 0.3) is 0 Å². The lowest BCUT2D eigenvalue weighted by atomic mass is 9.94. The van der Waals surface area contributed by atoms with Crippen LogP contribution in [0.4, 0.5) is 10.6 Å². The van der Waals surface area contributed by atoms with E-state index >= 15 is 0 Å². The van der Waals surface area contributed by atoms with Crippen molar-refractivity contribution in [2.24, 2.45) is 5.92 Å². The molecule has 296 valence electrons. The molecule has 1 aromatic carbocycles. The molecule has 0 bridgehead atoms. The first-order chi connectivity index (χ1) is 25.0. The number of amides is 3. The third kappa shape index (κ3) is 18.0. The first-order valence-electron chi connectivity index (χ1n) is 18.0. The Balaban J connectivity index is 1.93. The number of ether oxygens (including phenoxy) is 3. The molecule has 3 unspecified atom stereocenters. The van der Waals surface area contributed by atoms with Crippen molar-refractivity contribution in [3.05, 3.63) is 51.6 Å². The van der Waals surface area contributed by atoms with Gasteiger partial charge in [-0.2, -0.15) is 12.6 Å². The fraction of sp³-hybridized carbons (Fsp3) is 0.605. The molecule has 0 saturated heterocycles. The minimum atomic E-state index is -0.829. The van der Waals surface area contributed by atoms with Crippen LogP contribution in [0.2, 0.25) is 10.0 Å². The Hall–Kier alpha value is -2.74. The molecule has 2 rings (SSSR count). The Bertz CT molecular complexity index is 1470. The first-order valence-corrected chi connectivity index (χ1v) is 20.4. The van der Waals surface area contributed by atoms with Gasteiger partial charge in [-0.25, -0.2) is 9.78 Å². The number of methoxy groups -OCH3 is 1. The van der Waals surface area contributed by atoms with Crippen LogP contribution >= 0.6 is 51.8 Å². The van der Waals surface area contributed by atoms with Crippen molar-refractivity contribution < 1.29 is 33.4 Å². The van der Waals surface area contributed by atoms with Crippen LogP contribution in [-0.2, 0) is 23.9 Å². The molecule has 0 radical (unpaired) electrons. The second-order valence-electron chi connectivity index (χ2n) is 13.9. The number of halogens is 3. The van der Waals surface area contributed by atoms with E-state index in [1.165, 1.54) is 12.0 Å². The number of esters is 1. The van der Waals surface area contributed by atoms with Crippen LogP contribution in [0.15, 0.2) is 30.5 Å². The molecule has 2 aromatic rings. The summed E-state index contributed by atoms with van der Waals surface area (Å²) in [5.41, 5.74) is 0.735. The van der Waals surface area contributed by atoms with Gasteiger partial charge in [-0.3, -0.25) is 19.3 Å². The van der Waals surface area contributed by atoms with Crippen molar-refractivity contribution >= 4 is 81.5 Å². The highest BCUT2D eigenvalue weighted by Crippen LogP contribution is 2.37. The third-order valence-electron chi connectivity index (χ3n) is 8.24. The van der Waals surface area contributed by atoms with E-state index in [4.69, 9.17) is 37.4 Å². The average Bonchev–Trinajstić information content (AvgIpc) is 3.07. The lowest BCUT2D eigenvalue weighted by Crippen LogP contribution is -2.39. The second kappa shape index (κ2) is 23.9. The average molecular weight is 863 g/mol. The van der Waals surface area contributed by atoms with Gasteiger partial charge in [-0.05, 0) is 114 Å². The number of alkyl halides is 1. The predicted octanol–water partition coefficient (Wildman–Crippen LogP) is 8.80. The van der Waals surface area contributed by atoms with Crippen molar-refractivity contribution in [3.8, 4) is 5.75 Å². The van der Waals surface area contributed by atoms with Gasteiger partial charge in [-0.1, -0.05) is 46.1 Å². The predicted molar refractivity (Wildman–Crippen MR) is 218 cm³/mol. The molecule has 1 heterocycles. The number of hydrogen-bond donors (Lipinski definition) is 3. The van der Waals surface area contributed by atoms with Crippen LogP contribution in [0, 0.1) is 12.8 Å². The van der Waals surface area contributed by atoms with E-state index in [0.717, 1.165) is 43.0 Å². The van der Waals surface area contributed by atoms with E-state index in [0.29, 0.717) is 47.7 Å². The Morgan fingerprint density at radius 1 is 1.00 bits per heavy atom. The van der Waals surface area contributed by atoms with Crippen LogP contribution in [0.5, 0.6) is 5.75 Å². The highest BCUT2D eigenvalue weighted by Gasteiger charge is 2.25. The number of aryl methyl sites for hydroxylation is 1. The maximum Gasteiger partial charge on any atom is 0.416 e. The second-order valence-corrected chi connectivity index (χ2v) is 16.4. The minimum absolute atomic E-state index is 0.126. The smallest absolute Gasteiger partial charge is 0.416 e. The van der Waals surface area contributed by atoms with Gasteiger partial charge in [0.25, 0.3) is 0 Å². The van der Waals surface area contributed by atoms with Crippen LogP contribution in [0.3, 0.4) is 0 Å². The number of carbonyl (C=O) groups excluding carboxylic acids is 4. The Morgan fingerprint density at radius 3 is 2.28 bits per heavy atom. The summed E-state index contributed by atoms with van der Waals surface area (Å²) in [5, 5.41) is 7.17. The van der Waals surface area contributed by atoms with E-state index in [9.17, 15) is 19.2 Å². The topological polar surface area (TPSA) is 136 Å². The maximum atomic E-state index is 12.9. The van der Waals surface area contributed by atoms with Gasteiger partial charge in [0.1, 0.15) is 11.4 Å². The summed E-state index contributed by atoms with van der Waals surface area (Å²) in [6, 6.07) is 6.00. The number of benzene rings is 1. The molecule has 0 aliphatic heterocycles. The number of anilines is 1. The Kier molecular flexibility index (Phi) is 20.9. The van der Waals surface area contributed by atoms with E-state index in [2.05, 4.69) is 51.1 Å². The van der Waals surface area contributed by atoms with Gasteiger partial charge in [0.15, 0.2) is 5.75 Å². The van der Waals surface area contributed by atoms with Crippen molar-refractivity contribution in [1.82, 2.24) is 15.6 Å². The summed E-state index contributed by atoms with van der Waals surface area (Å²) in [6.45, 7) is 9.80. The van der Waals surface area contributed by atoms with Crippen LogP contribution in [0.1, 0.15) is 103 Å². The van der Waals surface area contributed by atoms with Crippen molar-refractivity contribution in [1.29, 1.82) is 0 Å². The van der Waals surface area contributed by atoms with Gasteiger partial charge < -0.3 is 24.8 Å². The standard InChI is InChI=1S/C38H55BrCl2N4O7S/c1-25-15-17-42-32(20-25)45(37(49)52-38(3,4)5)18-9-7-14-33(46)43-24-34(47)44-31(23-35(48)50-6)28-21-29(40)36(30(41)22-28)51-19-10-8-12-27(26(2)53)13-11-16-39/h15,17,20-22,26-27,31,53H,7-14,16,18-19,23-24H2,1-6H3,(H,43,46)(H,44,47). The molecule has 2 N–H and O–H groups in total. The summed E-state index contributed by atoms with van der Waals surface area (Å²) in [6.07, 6.45) is 7.06. The van der Waals surface area contributed by atoms with Crippen molar-refractivity contribution in [2.45, 2.75) is 109 Å². The fourth-order valence-corrected chi connectivity index (χ4v) is 6.66. The third-order valence-corrected chi connectivity index (χ3v) is 9.78. The van der Waals surface area contributed by atoms with Gasteiger partial charge >= 0.3 is 12.1 Å². The largest absolute Gasteiger partial charge is 0.490 e. The Morgan fingerprint density at radius 2 is 1.68 bits per heavy atom. The molecule has 0 fully saturated rings. The molecule has 15 heteroatoms. The highest BCUT2D eigenvalue weighted by atomic mass is 79.9. The molecule has 11 nitrogen and oxygen atoms in total. The number of pyridine rings is 1. The number of hydrogen-bond acceptors (Lipinski definition) is 9. The molecule has 0 aliphatic carbocycles. The SMILES string of the molecule is COC(=O)CC(NC(=O)CNC(=O)CCCCN(C(=O)OC(C)(C)C)c1cc(C)ccn1)c1cc(Cl)c(OCCCCC(CCCBr)C(C)S)c(Cl)c1. The zero-order valence-electron chi connectivity index (χ0n) is 31.6. The Labute approximate surface area is 338 Å².